The molecule has 0 radical (unpaired) electrons. The molecular weight excluding hydrogens is 452 g/mol. The number of fused-ring (bicyclic) bond motifs is 2. The molecule has 2 atom stereocenters. The molecule has 0 saturated heterocycles. The molecule has 0 fully saturated rings. The standard InChI is InChI=1S/C12H14O4.C11H13BrO2/c1-12(2)6-10(14)9-5-8(15-7-13)3-4-11(9)16-12;1-11(2)6-9(13)8-5-7(12)3-4-10(8)14-11/h3-5,7,10,14H,6H2,1-2H3;3-5,9,13H,6H2,1-2H3. The van der Waals surface area contributed by atoms with Gasteiger partial charge in [0.05, 0.1) is 12.2 Å². The lowest BCUT2D eigenvalue weighted by molar-refractivity contribution is -0.120. The molecule has 2 N–H and O–H groups in total. The van der Waals surface area contributed by atoms with E-state index in [1.165, 1.54) is 0 Å². The number of aliphatic hydroxyl groups excluding tert-OH is 2. The Bertz CT molecular complexity index is 924. The highest BCUT2D eigenvalue weighted by Gasteiger charge is 2.33. The number of rotatable bonds is 2. The first kappa shape index (κ1) is 22.6. The van der Waals surface area contributed by atoms with Crippen LogP contribution in [0.15, 0.2) is 40.9 Å². The van der Waals surface area contributed by atoms with Crippen LogP contribution in [0.5, 0.6) is 17.2 Å². The molecular formula is C23H27BrO6. The molecule has 4 rings (SSSR count). The molecule has 2 heterocycles. The molecule has 0 aliphatic carbocycles. The van der Waals surface area contributed by atoms with Gasteiger partial charge in [-0.25, -0.2) is 0 Å². The first-order chi connectivity index (χ1) is 14.0. The van der Waals surface area contributed by atoms with Crippen LogP contribution in [0.3, 0.4) is 0 Å². The topological polar surface area (TPSA) is 85.2 Å². The van der Waals surface area contributed by atoms with Gasteiger partial charge in [0.2, 0.25) is 0 Å². The van der Waals surface area contributed by atoms with Crippen LogP contribution < -0.4 is 14.2 Å². The van der Waals surface area contributed by atoms with E-state index in [-0.39, 0.29) is 11.2 Å². The minimum Gasteiger partial charge on any atom is -0.487 e. The summed E-state index contributed by atoms with van der Waals surface area (Å²) in [6.07, 6.45) is 0.140. The van der Waals surface area contributed by atoms with Gasteiger partial charge in [0.1, 0.15) is 28.5 Å². The molecule has 30 heavy (non-hydrogen) atoms. The van der Waals surface area contributed by atoms with Crippen LogP contribution in [0.2, 0.25) is 0 Å². The number of aliphatic hydroxyl groups is 2. The van der Waals surface area contributed by atoms with E-state index in [1.807, 2.05) is 45.9 Å². The average Bonchev–Trinajstić information content (AvgIpc) is 2.62. The number of carbonyl (C=O) groups excluding carboxylic acids is 1. The normalized spacial score (nSPS) is 22.8. The summed E-state index contributed by atoms with van der Waals surface area (Å²) in [4.78, 5) is 10.2. The molecule has 2 aliphatic heterocycles. The Morgan fingerprint density at radius 1 is 0.933 bits per heavy atom. The number of hydrogen-bond donors (Lipinski definition) is 2. The SMILES string of the molecule is CC1(C)CC(O)c2cc(Br)ccc2O1.CC1(C)CC(O)c2cc(OC=O)ccc2O1. The molecule has 162 valence electrons. The molecule has 6 nitrogen and oxygen atoms in total. The van der Waals surface area contributed by atoms with Crippen LogP contribution in [-0.4, -0.2) is 27.9 Å². The van der Waals surface area contributed by atoms with E-state index in [1.54, 1.807) is 18.2 Å². The largest absolute Gasteiger partial charge is 0.487 e. The quantitative estimate of drug-likeness (QED) is 0.599. The molecule has 2 aromatic rings. The molecule has 2 unspecified atom stereocenters. The number of ether oxygens (including phenoxy) is 3. The Morgan fingerprint density at radius 2 is 1.43 bits per heavy atom. The highest BCUT2D eigenvalue weighted by Crippen LogP contribution is 2.41. The highest BCUT2D eigenvalue weighted by molar-refractivity contribution is 9.10. The second-order valence-corrected chi connectivity index (χ2v) is 9.67. The first-order valence-corrected chi connectivity index (χ1v) is 10.6. The van der Waals surface area contributed by atoms with Gasteiger partial charge in [-0.2, -0.15) is 0 Å². The van der Waals surface area contributed by atoms with Crippen LogP contribution in [0.1, 0.15) is 63.9 Å². The smallest absolute Gasteiger partial charge is 0.298 e. The fourth-order valence-corrected chi connectivity index (χ4v) is 4.09. The number of carbonyl (C=O) groups is 1. The van der Waals surface area contributed by atoms with Crippen LogP contribution in [0.25, 0.3) is 0 Å². The van der Waals surface area contributed by atoms with Crippen LogP contribution in [0.4, 0.5) is 0 Å². The van der Waals surface area contributed by atoms with Crippen molar-refractivity contribution in [2.75, 3.05) is 0 Å². The van der Waals surface area contributed by atoms with E-state index in [0.29, 0.717) is 36.4 Å². The number of hydrogen-bond acceptors (Lipinski definition) is 6. The lowest BCUT2D eigenvalue weighted by Gasteiger charge is -2.35. The van der Waals surface area contributed by atoms with Gasteiger partial charge in [0.15, 0.2) is 0 Å². The van der Waals surface area contributed by atoms with Gasteiger partial charge in [0.25, 0.3) is 6.47 Å². The Labute approximate surface area is 184 Å². The maximum Gasteiger partial charge on any atom is 0.298 e. The van der Waals surface area contributed by atoms with Crippen LogP contribution >= 0.6 is 15.9 Å². The average molecular weight is 479 g/mol. The molecule has 7 heteroatoms. The third-order valence-electron chi connectivity index (χ3n) is 5.00. The van der Waals surface area contributed by atoms with E-state index in [2.05, 4.69) is 15.9 Å². The maximum absolute atomic E-state index is 10.2. The minimum atomic E-state index is -0.589. The van der Waals surface area contributed by atoms with Crippen molar-refractivity contribution in [3.05, 3.63) is 52.0 Å². The van der Waals surface area contributed by atoms with E-state index < -0.39 is 12.2 Å². The summed E-state index contributed by atoms with van der Waals surface area (Å²) in [5, 5.41) is 19.9. The van der Waals surface area contributed by atoms with Gasteiger partial charge < -0.3 is 24.4 Å². The lowest BCUT2D eigenvalue weighted by atomic mass is 9.92. The lowest BCUT2D eigenvalue weighted by Crippen LogP contribution is -2.34. The van der Waals surface area contributed by atoms with Gasteiger partial charge in [-0.3, -0.25) is 4.79 Å². The fourth-order valence-electron chi connectivity index (χ4n) is 3.71. The molecule has 2 aliphatic rings. The van der Waals surface area contributed by atoms with Crippen molar-refractivity contribution in [1.82, 2.24) is 0 Å². The van der Waals surface area contributed by atoms with E-state index in [4.69, 9.17) is 14.2 Å². The maximum atomic E-state index is 10.2. The summed E-state index contributed by atoms with van der Waals surface area (Å²) in [5.74, 6) is 1.84. The molecule has 0 amide bonds. The Hall–Kier alpha value is -2.09. The van der Waals surface area contributed by atoms with Gasteiger partial charge in [-0.1, -0.05) is 15.9 Å². The highest BCUT2D eigenvalue weighted by atomic mass is 79.9. The van der Waals surface area contributed by atoms with E-state index in [9.17, 15) is 15.0 Å². The fraction of sp³-hybridized carbons (Fsp3) is 0.435. The third-order valence-corrected chi connectivity index (χ3v) is 5.49. The second-order valence-electron chi connectivity index (χ2n) is 8.76. The van der Waals surface area contributed by atoms with Gasteiger partial charge in [-0.05, 0) is 64.1 Å². The Kier molecular flexibility index (Phi) is 6.45. The zero-order chi connectivity index (χ0) is 22.1. The van der Waals surface area contributed by atoms with Crippen molar-refractivity contribution >= 4 is 22.4 Å². The van der Waals surface area contributed by atoms with Crippen molar-refractivity contribution < 1.29 is 29.2 Å². The molecule has 0 spiro atoms. The summed E-state index contributed by atoms with van der Waals surface area (Å²) < 4.78 is 17.2. The first-order valence-electron chi connectivity index (χ1n) is 9.77. The van der Waals surface area contributed by atoms with Crippen LogP contribution in [0, 0.1) is 0 Å². The Balaban J connectivity index is 0.000000172. The van der Waals surface area contributed by atoms with Crippen molar-refractivity contribution in [1.29, 1.82) is 0 Å². The van der Waals surface area contributed by atoms with Crippen molar-refractivity contribution in [2.24, 2.45) is 0 Å². The number of halogens is 1. The van der Waals surface area contributed by atoms with Crippen molar-refractivity contribution in [3.8, 4) is 17.2 Å². The molecule has 0 bridgehead atoms. The minimum absolute atomic E-state index is 0.278. The summed E-state index contributed by atoms with van der Waals surface area (Å²) in [6, 6.07) is 10.7. The molecule has 0 aromatic heterocycles. The second kappa shape index (κ2) is 8.57. The van der Waals surface area contributed by atoms with Crippen molar-refractivity contribution in [3.63, 3.8) is 0 Å². The van der Waals surface area contributed by atoms with Gasteiger partial charge in [0, 0.05) is 28.4 Å². The summed E-state index contributed by atoms with van der Waals surface area (Å²) in [7, 11) is 0. The zero-order valence-corrected chi connectivity index (χ0v) is 19.1. The van der Waals surface area contributed by atoms with Gasteiger partial charge in [-0.15, -0.1) is 0 Å². The molecule has 0 saturated carbocycles. The molecule has 2 aromatic carbocycles. The monoisotopic (exact) mass is 478 g/mol. The van der Waals surface area contributed by atoms with Crippen LogP contribution in [-0.2, 0) is 4.79 Å². The van der Waals surface area contributed by atoms with E-state index in [0.717, 1.165) is 15.8 Å². The summed E-state index contributed by atoms with van der Waals surface area (Å²) >= 11 is 3.38. The summed E-state index contributed by atoms with van der Waals surface area (Å²) in [5.41, 5.74) is 0.886. The number of benzene rings is 2. The van der Waals surface area contributed by atoms with Crippen molar-refractivity contribution in [2.45, 2.75) is 63.9 Å². The van der Waals surface area contributed by atoms with E-state index >= 15 is 0 Å². The van der Waals surface area contributed by atoms with Gasteiger partial charge >= 0.3 is 0 Å². The predicted octanol–water partition coefficient (Wildman–Crippen LogP) is 4.86. The zero-order valence-electron chi connectivity index (χ0n) is 17.5. The Morgan fingerprint density at radius 3 is 1.97 bits per heavy atom. The third kappa shape index (κ3) is 5.33. The summed E-state index contributed by atoms with van der Waals surface area (Å²) in [6.45, 7) is 8.19. The predicted molar refractivity (Wildman–Crippen MR) is 116 cm³/mol.